The van der Waals surface area contributed by atoms with Gasteiger partial charge in [0.05, 0.1) is 21.5 Å². The number of hydrogen-bond donors (Lipinski definition) is 0. The van der Waals surface area contributed by atoms with Gasteiger partial charge in [-0.3, -0.25) is 20.2 Å². The lowest BCUT2D eigenvalue weighted by Gasteiger charge is -2.24. The molecule has 7 heteroatoms. The lowest BCUT2D eigenvalue weighted by atomic mass is 9.80. The molecule has 1 radical (unpaired) electrons. The van der Waals surface area contributed by atoms with Gasteiger partial charge in [-0.05, 0) is 31.2 Å². The first-order valence-corrected chi connectivity index (χ1v) is 6.85. The third kappa shape index (κ3) is 3.17. The Morgan fingerprint density at radius 2 is 1.76 bits per heavy atom. The third-order valence-corrected chi connectivity index (χ3v) is 3.94. The molecule has 1 aliphatic carbocycles. The summed E-state index contributed by atoms with van der Waals surface area (Å²) in [5, 5.41) is 22.1. The van der Waals surface area contributed by atoms with Crippen LogP contribution in [0.5, 0.6) is 0 Å². The second-order valence-electron chi connectivity index (χ2n) is 5.28. The van der Waals surface area contributed by atoms with E-state index < -0.39 is 21.7 Å². The van der Waals surface area contributed by atoms with E-state index in [1.54, 1.807) is 0 Å². The van der Waals surface area contributed by atoms with Crippen molar-refractivity contribution in [2.24, 2.45) is 0 Å². The Kier molecular flexibility index (Phi) is 4.50. The van der Waals surface area contributed by atoms with Crippen molar-refractivity contribution < 1.29 is 14.2 Å². The molecule has 2 rings (SSSR count). The highest BCUT2D eigenvalue weighted by molar-refractivity contribution is 5.56. The van der Waals surface area contributed by atoms with Gasteiger partial charge in [0, 0.05) is 6.07 Å². The van der Waals surface area contributed by atoms with Crippen LogP contribution in [-0.4, -0.2) is 9.85 Å². The maximum Gasteiger partial charge on any atom is 0.282 e. The second-order valence-corrected chi connectivity index (χ2v) is 5.28. The van der Waals surface area contributed by atoms with Crippen molar-refractivity contribution in [2.45, 2.75) is 44.2 Å². The molecule has 1 aromatic carbocycles. The molecule has 0 spiro atoms. The molecular weight excluding hydrogens is 279 g/mol. The van der Waals surface area contributed by atoms with E-state index in [2.05, 4.69) is 6.92 Å². The number of nitro benzene ring substituents is 2. The van der Waals surface area contributed by atoms with E-state index in [9.17, 15) is 24.6 Å². The van der Waals surface area contributed by atoms with Gasteiger partial charge in [-0.1, -0.05) is 19.3 Å². The van der Waals surface area contributed by atoms with Crippen LogP contribution in [0.1, 0.15) is 55.3 Å². The first kappa shape index (κ1) is 15.3. The van der Waals surface area contributed by atoms with Gasteiger partial charge in [-0.2, -0.15) is 0 Å². The molecule has 0 amide bonds. The minimum Gasteiger partial charge on any atom is -0.258 e. The molecule has 0 heterocycles. The highest BCUT2D eigenvalue weighted by Crippen LogP contribution is 2.42. The summed E-state index contributed by atoms with van der Waals surface area (Å²) in [6.45, 7) is 3.24. The fourth-order valence-corrected chi connectivity index (χ4v) is 2.99. The van der Waals surface area contributed by atoms with Crippen molar-refractivity contribution in [3.8, 4) is 0 Å². The van der Waals surface area contributed by atoms with E-state index in [1.807, 2.05) is 0 Å². The van der Waals surface area contributed by atoms with Crippen LogP contribution in [-0.2, 0) is 0 Å². The molecule has 6 nitrogen and oxygen atoms in total. The summed E-state index contributed by atoms with van der Waals surface area (Å²) in [5.74, 6) is -0.0765. The number of nitro groups is 2. The minimum atomic E-state index is -1.77. The molecule has 21 heavy (non-hydrogen) atoms. The average molecular weight is 295 g/mol. The number of rotatable bonds is 4. The zero-order valence-corrected chi connectivity index (χ0v) is 11.5. The first-order chi connectivity index (χ1) is 9.91. The highest BCUT2D eigenvalue weighted by atomic mass is 19.1. The van der Waals surface area contributed by atoms with E-state index in [4.69, 9.17) is 0 Å². The molecule has 0 aliphatic heterocycles. The van der Waals surface area contributed by atoms with E-state index >= 15 is 0 Å². The molecule has 0 aromatic heterocycles. The number of nitrogens with zero attached hydrogens (tertiary/aromatic N) is 2. The molecule has 1 atom stereocenters. The van der Waals surface area contributed by atoms with Gasteiger partial charge in [-0.15, -0.1) is 0 Å². The summed E-state index contributed by atoms with van der Waals surface area (Å²) >= 11 is 0. The standard InChI is InChI=1S/C14H16FN2O4/c1-9(15)14-12(10-5-3-2-4-6-10)7-11(16(18)19)8-13(14)17(20)21/h7-10H,1-6H2. The second kappa shape index (κ2) is 6.15. The van der Waals surface area contributed by atoms with Crippen LogP contribution in [0.25, 0.3) is 0 Å². The third-order valence-electron chi connectivity index (χ3n) is 3.94. The van der Waals surface area contributed by atoms with Gasteiger partial charge < -0.3 is 0 Å². The topological polar surface area (TPSA) is 86.3 Å². The lowest BCUT2D eigenvalue weighted by Crippen LogP contribution is -2.11. The maximum atomic E-state index is 13.8. The van der Waals surface area contributed by atoms with E-state index in [-0.39, 0.29) is 17.2 Å². The van der Waals surface area contributed by atoms with Crippen LogP contribution < -0.4 is 0 Å². The van der Waals surface area contributed by atoms with Crippen molar-refractivity contribution in [1.82, 2.24) is 0 Å². The summed E-state index contributed by atoms with van der Waals surface area (Å²) in [6, 6.07) is 2.09. The molecule has 113 valence electrons. The largest absolute Gasteiger partial charge is 0.282 e. The Bertz CT molecular complexity index is 568. The lowest BCUT2D eigenvalue weighted by molar-refractivity contribution is -0.394. The molecule has 1 aromatic rings. The van der Waals surface area contributed by atoms with Gasteiger partial charge in [0.25, 0.3) is 11.4 Å². The predicted molar refractivity (Wildman–Crippen MR) is 74.8 cm³/mol. The number of benzene rings is 1. The summed E-state index contributed by atoms with van der Waals surface area (Å²) in [5.41, 5.74) is -0.658. The average Bonchev–Trinajstić information content (AvgIpc) is 2.46. The van der Waals surface area contributed by atoms with Gasteiger partial charge in [0.1, 0.15) is 6.17 Å². The van der Waals surface area contributed by atoms with Gasteiger partial charge in [-0.25, -0.2) is 4.39 Å². The van der Waals surface area contributed by atoms with Crippen LogP contribution in [0.4, 0.5) is 15.8 Å². The first-order valence-electron chi connectivity index (χ1n) is 6.85. The smallest absolute Gasteiger partial charge is 0.258 e. The van der Waals surface area contributed by atoms with Crippen LogP contribution in [0.2, 0.25) is 0 Å². The zero-order valence-electron chi connectivity index (χ0n) is 11.5. The molecule has 1 saturated carbocycles. The zero-order chi connectivity index (χ0) is 15.6. The van der Waals surface area contributed by atoms with E-state index in [0.29, 0.717) is 5.56 Å². The Balaban J connectivity index is 2.63. The molecule has 0 bridgehead atoms. The summed E-state index contributed by atoms with van der Waals surface area (Å²) in [6.07, 6.45) is 2.69. The molecule has 1 aliphatic rings. The quantitative estimate of drug-likeness (QED) is 0.608. The Morgan fingerprint density at radius 3 is 2.24 bits per heavy atom. The normalized spacial score (nSPS) is 17.4. The fraction of sp³-hybridized carbons (Fsp3) is 0.500. The number of alkyl halides is 1. The van der Waals surface area contributed by atoms with Crippen LogP contribution in [0, 0.1) is 27.2 Å². The van der Waals surface area contributed by atoms with Crippen molar-refractivity contribution >= 4 is 11.4 Å². The summed E-state index contributed by atoms with van der Waals surface area (Å²) in [4.78, 5) is 20.6. The Hall–Kier alpha value is -2.05. The van der Waals surface area contributed by atoms with Crippen molar-refractivity contribution in [2.75, 3.05) is 0 Å². The van der Waals surface area contributed by atoms with Crippen molar-refractivity contribution in [1.29, 1.82) is 0 Å². The van der Waals surface area contributed by atoms with Gasteiger partial charge in [0.15, 0.2) is 0 Å². The Labute approximate surface area is 121 Å². The van der Waals surface area contributed by atoms with Crippen molar-refractivity contribution in [3.05, 3.63) is 50.4 Å². The molecule has 1 fully saturated rings. The van der Waals surface area contributed by atoms with Crippen LogP contribution >= 0.6 is 0 Å². The number of halogens is 1. The summed E-state index contributed by atoms with van der Waals surface area (Å²) in [7, 11) is 0. The minimum absolute atomic E-state index is 0.0765. The van der Waals surface area contributed by atoms with Gasteiger partial charge >= 0.3 is 0 Å². The summed E-state index contributed by atoms with van der Waals surface area (Å²) < 4.78 is 13.8. The highest BCUT2D eigenvalue weighted by Gasteiger charge is 2.31. The van der Waals surface area contributed by atoms with Crippen LogP contribution in [0.15, 0.2) is 12.1 Å². The van der Waals surface area contributed by atoms with E-state index in [1.165, 1.54) is 6.07 Å². The fourth-order valence-electron chi connectivity index (χ4n) is 2.99. The monoisotopic (exact) mass is 295 g/mol. The molecule has 0 N–H and O–H groups in total. The van der Waals surface area contributed by atoms with Crippen molar-refractivity contribution in [3.63, 3.8) is 0 Å². The SMILES string of the molecule is [CH2]C(F)c1c(C2CCCCC2)cc([N+](=O)[O-])cc1[N+](=O)[O-]. The number of hydrogen-bond acceptors (Lipinski definition) is 4. The van der Waals surface area contributed by atoms with Gasteiger partial charge in [0.2, 0.25) is 0 Å². The molecule has 0 saturated heterocycles. The maximum absolute atomic E-state index is 13.8. The van der Waals surface area contributed by atoms with Crippen LogP contribution in [0.3, 0.4) is 0 Å². The Morgan fingerprint density at radius 1 is 1.14 bits per heavy atom. The number of non-ortho nitro benzene ring substituents is 1. The molecule has 1 unspecified atom stereocenters. The van der Waals surface area contributed by atoms with E-state index in [0.717, 1.165) is 38.2 Å². The predicted octanol–water partition coefficient (Wildman–Crippen LogP) is 4.40. The molecular formula is C14H16FN2O4.